The van der Waals surface area contributed by atoms with Gasteiger partial charge >= 0.3 is 5.97 Å². The zero-order valence-corrected chi connectivity index (χ0v) is 12.7. The number of hydrogen-bond acceptors (Lipinski definition) is 5. The molecule has 6 heteroatoms. The number of anilines is 2. The van der Waals surface area contributed by atoms with E-state index in [1.807, 2.05) is 0 Å². The Kier molecular flexibility index (Phi) is 5.58. The number of hydrogen-bond donors (Lipinski definition) is 3. The van der Waals surface area contributed by atoms with Gasteiger partial charge in [0.15, 0.2) is 0 Å². The summed E-state index contributed by atoms with van der Waals surface area (Å²) < 4.78 is 5.35. The maximum Gasteiger partial charge on any atom is 0.329 e. The fraction of sp³-hybridized carbons (Fsp3) is 0.467. The van der Waals surface area contributed by atoms with Crippen molar-refractivity contribution in [2.24, 2.45) is 5.73 Å². The summed E-state index contributed by atoms with van der Waals surface area (Å²) in [4.78, 5) is 23.2. The van der Waals surface area contributed by atoms with E-state index in [2.05, 4.69) is 5.32 Å². The Morgan fingerprint density at radius 3 is 2.43 bits per heavy atom. The van der Waals surface area contributed by atoms with Crippen molar-refractivity contribution >= 4 is 23.3 Å². The van der Waals surface area contributed by atoms with Crippen LogP contribution in [0.3, 0.4) is 0 Å². The first kappa shape index (κ1) is 16.8. The average molecular weight is 293 g/mol. The summed E-state index contributed by atoms with van der Waals surface area (Å²) in [5.41, 5.74) is 11.5. The summed E-state index contributed by atoms with van der Waals surface area (Å²) in [5.74, 6) is -0.904. The third kappa shape index (κ3) is 6.16. The Morgan fingerprint density at radius 1 is 1.29 bits per heavy atom. The molecule has 1 aromatic carbocycles. The zero-order valence-electron chi connectivity index (χ0n) is 12.7. The highest BCUT2D eigenvalue weighted by Crippen LogP contribution is 2.20. The molecule has 5 N–H and O–H groups in total. The summed E-state index contributed by atoms with van der Waals surface area (Å²) in [7, 11) is 0. The first-order valence-electron chi connectivity index (χ1n) is 6.81. The smallest absolute Gasteiger partial charge is 0.329 e. The number of carbonyl (C=O) groups excluding carboxylic acids is 2. The molecule has 1 amide bonds. The highest BCUT2D eigenvalue weighted by atomic mass is 16.6. The SMILES string of the molecule is CC(C)(C)OC(=O)[C@H](CCC(N)=O)Nc1ccccc1N. The monoisotopic (exact) mass is 293 g/mol. The van der Waals surface area contributed by atoms with Crippen LogP contribution in [0.5, 0.6) is 0 Å². The van der Waals surface area contributed by atoms with Crippen molar-refractivity contribution in [3.8, 4) is 0 Å². The highest BCUT2D eigenvalue weighted by molar-refractivity contribution is 5.83. The number of rotatable bonds is 6. The van der Waals surface area contributed by atoms with Crippen molar-refractivity contribution in [1.82, 2.24) is 0 Å². The molecule has 0 bridgehead atoms. The quantitative estimate of drug-likeness (QED) is 0.546. The Hall–Kier alpha value is -2.24. The number of nitrogen functional groups attached to an aromatic ring is 1. The van der Waals surface area contributed by atoms with E-state index in [9.17, 15) is 9.59 Å². The van der Waals surface area contributed by atoms with Gasteiger partial charge in [-0.2, -0.15) is 0 Å². The van der Waals surface area contributed by atoms with Gasteiger partial charge in [0.05, 0.1) is 11.4 Å². The fourth-order valence-corrected chi connectivity index (χ4v) is 1.72. The predicted molar refractivity (Wildman–Crippen MR) is 82.5 cm³/mol. The van der Waals surface area contributed by atoms with Crippen molar-refractivity contribution in [3.63, 3.8) is 0 Å². The third-order valence-electron chi connectivity index (χ3n) is 2.66. The van der Waals surface area contributed by atoms with E-state index < -0.39 is 23.5 Å². The molecule has 0 saturated carbocycles. The maximum atomic E-state index is 12.2. The highest BCUT2D eigenvalue weighted by Gasteiger charge is 2.25. The molecule has 0 saturated heterocycles. The van der Waals surface area contributed by atoms with Crippen LogP contribution in [-0.4, -0.2) is 23.5 Å². The molecule has 1 atom stereocenters. The van der Waals surface area contributed by atoms with Crippen molar-refractivity contribution in [2.75, 3.05) is 11.1 Å². The van der Waals surface area contributed by atoms with E-state index in [0.29, 0.717) is 11.4 Å². The predicted octanol–water partition coefficient (Wildman–Crippen LogP) is 1.66. The van der Waals surface area contributed by atoms with E-state index in [4.69, 9.17) is 16.2 Å². The van der Waals surface area contributed by atoms with Gasteiger partial charge in [0, 0.05) is 6.42 Å². The topological polar surface area (TPSA) is 107 Å². The van der Waals surface area contributed by atoms with Crippen LogP contribution in [0.2, 0.25) is 0 Å². The number of para-hydroxylation sites is 2. The molecule has 0 aliphatic rings. The zero-order chi connectivity index (χ0) is 16.0. The van der Waals surface area contributed by atoms with Gasteiger partial charge in [-0.15, -0.1) is 0 Å². The fourth-order valence-electron chi connectivity index (χ4n) is 1.72. The lowest BCUT2D eigenvalue weighted by Crippen LogP contribution is -2.37. The second-order valence-electron chi connectivity index (χ2n) is 5.82. The van der Waals surface area contributed by atoms with Gasteiger partial charge in [-0.1, -0.05) is 12.1 Å². The van der Waals surface area contributed by atoms with E-state index in [0.717, 1.165) is 0 Å². The first-order chi connectivity index (χ1) is 9.69. The van der Waals surface area contributed by atoms with Crippen LogP contribution in [0, 0.1) is 0 Å². The third-order valence-corrected chi connectivity index (χ3v) is 2.66. The van der Waals surface area contributed by atoms with Crippen LogP contribution in [0.4, 0.5) is 11.4 Å². The van der Waals surface area contributed by atoms with Crippen LogP contribution in [-0.2, 0) is 14.3 Å². The second kappa shape index (κ2) is 6.97. The number of benzene rings is 1. The molecule has 116 valence electrons. The number of nitrogens with two attached hydrogens (primary N) is 2. The molecular weight excluding hydrogens is 270 g/mol. The molecule has 6 nitrogen and oxygen atoms in total. The minimum Gasteiger partial charge on any atom is -0.458 e. The van der Waals surface area contributed by atoms with Gasteiger partial charge < -0.3 is 21.5 Å². The summed E-state index contributed by atoms with van der Waals surface area (Å²) >= 11 is 0. The van der Waals surface area contributed by atoms with E-state index in [-0.39, 0.29) is 12.8 Å². The molecule has 0 spiro atoms. The minimum absolute atomic E-state index is 0.0870. The molecular formula is C15H23N3O3. The van der Waals surface area contributed by atoms with Crippen LogP contribution in [0.15, 0.2) is 24.3 Å². The molecule has 0 unspecified atom stereocenters. The summed E-state index contributed by atoms with van der Waals surface area (Å²) in [6.45, 7) is 5.35. The summed E-state index contributed by atoms with van der Waals surface area (Å²) in [5, 5.41) is 3.02. The number of esters is 1. The molecule has 1 aromatic rings. The van der Waals surface area contributed by atoms with Gasteiger partial charge in [0.1, 0.15) is 11.6 Å². The molecule has 0 radical (unpaired) electrons. The van der Waals surface area contributed by atoms with E-state index in [1.54, 1.807) is 45.0 Å². The number of amides is 1. The van der Waals surface area contributed by atoms with Gasteiger partial charge in [-0.05, 0) is 39.3 Å². The summed E-state index contributed by atoms with van der Waals surface area (Å²) in [6.07, 6.45) is 0.336. The Bertz CT molecular complexity index is 509. The molecule has 0 aliphatic heterocycles. The number of primary amides is 1. The molecule has 0 heterocycles. The van der Waals surface area contributed by atoms with E-state index >= 15 is 0 Å². The van der Waals surface area contributed by atoms with E-state index in [1.165, 1.54) is 0 Å². The largest absolute Gasteiger partial charge is 0.458 e. The van der Waals surface area contributed by atoms with Gasteiger partial charge in [-0.25, -0.2) is 4.79 Å². The molecule has 1 rings (SSSR count). The van der Waals surface area contributed by atoms with Gasteiger partial charge in [0.2, 0.25) is 5.91 Å². The van der Waals surface area contributed by atoms with Gasteiger partial charge in [-0.3, -0.25) is 4.79 Å². The van der Waals surface area contributed by atoms with Crippen LogP contribution in [0.25, 0.3) is 0 Å². The van der Waals surface area contributed by atoms with Crippen molar-refractivity contribution in [2.45, 2.75) is 45.3 Å². The van der Waals surface area contributed by atoms with Crippen molar-refractivity contribution in [3.05, 3.63) is 24.3 Å². The molecule has 0 fully saturated rings. The van der Waals surface area contributed by atoms with Crippen molar-refractivity contribution in [1.29, 1.82) is 0 Å². The Labute approximate surface area is 124 Å². The second-order valence-corrected chi connectivity index (χ2v) is 5.82. The van der Waals surface area contributed by atoms with Gasteiger partial charge in [0.25, 0.3) is 0 Å². The standard InChI is InChI=1S/C15H23N3O3/c1-15(2,3)21-14(20)12(8-9-13(17)19)18-11-7-5-4-6-10(11)16/h4-7,12,18H,8-9,16H2,1-3H3,(H2,17,19)/t12-/m0/s1. The summed E-state index contributed by atoms with van der Waals surface area (Å²) in [6, 6.07) is 6.41. The lowest BCUT2D eigenvalue weighted by Gasteiger charge is -2.25. The van der Waals surface area contributed by atoms with Crippen LogP contribution >= 0.6 is 0 Å². The normalized spacial score (nSPS) is 12.5. The molecule has 0 aliphatic carbocycles. The Balaban J connectivity index is 2.84. The number of carbonyl (C=O) groups is 2. The van der Waals surface area contributed by atoms with Crippen LogP contribution < -0.4 is 16.8 Å². The lowest BCUT2D eigenvalue weighted by molar-refractivity contribution is -0.155. The maximum absolute atomic E-state index is 12.2. The Morgan fingerprint density at radius 2 is 1.90 bits per heavy atom. The lowest BCUT2D eigenvalue weighted by atomic mass is 10.1. The minimum atomic E-state index is -0.679. The number of nitrogens with one attached hydrogen (secondary N) is 1. The molecule has 0 aromatic heterocycles. The number of ether oxygens (including phenoxy) is 1. The molecule has 21 heavy (non-hydrogen) atoms. The first-order valence-corrected chi connectivity index (χ1v) is 6.81. The van der Waals surface area contributed by atoms with Crippen molar-refractivity contribution < 1.29 is 14.3 Å². The average Bonchev–Trinajstić information content (AvgIpc) is 2.34. The van der Waals surface area contributed by atoms with Crippen LogP contribution in [0.1, 0.15) is 33.6 Å².